The van der Waals surface area contributed by atoms with E-state index in [4.69, 9.17) is 4.74 Å². The summed E-state index contributed by atoms with van der Waals surface area (Å²) in [6, 6.07) is 7.51. The summed E-state index contributed by atoms with van der Waals surface area (Å²) in [6.07, 6.45) is 3.01. The summed E-state index contributed by atoms with van der Waals surface area (Å²) in [6.45, 7) is 3.73. The first-order valence-corrected chi connectivity index (χ1v) is 7.93. The molecule has 0 saturated carbocycles. The summed E-state index contributed by atoms with van der Waals surface area (Å²) in [7, 11) is 0. The quantitative estimate of drug-likeness (QED) is 0.313. The Hall–Kier alpha value is -2.63. The summed E-state index contributed by atoms with van der Waals surface area (Å²) >= 11 is 0. The van der Waals surface area contributed by atoms with Gasteiger partial charge in [-0.1, -0.05) is 50.1 Å². The van der Waals surface area contributed by atoms with Gasteiger partial charge in [-0.25, -0.2) is 9.59 Å². The molecule has 6 nitrogen and oxygen atoms in total. The molecule has 0 radical (unpaired) electrons. The molecule has 0 bridgehead atoms. The van der Waals surface area contributed by atoms with Gasteiger partial charge in [0.15, 0.2) is 0 Å². The smallest absolute Gasteiger partial charge is 0.343 e. The van der Waals surface area contributed by atoms with E-state index in [0.717, 1.165) is 12.6 Å². The Kier molecular flexibility index (Phi) is 8.25. The third kappa shape index (κ3) is 5.87. The van der Waals surface area contributed by atoms with E-state index in [9.17, 15) is 19.8 Å². The lowest BCUT2D eigenvalue weighted by atomic mass is 10.1. The summed E-state index contributed by atoms with van der Waals surface area (Å²) in [5, 5.41) is 19.5. The van der Waals surface area contributed by atoms with E-state index in [1.54, 1.807) is 37.3 Å². The van der Waals surface area contributed by atoms with Crippen LogP contribution in [0.25, 0.3) is 5.76 Å². The predicted molar refractivity (Wildman–Crippen MR) is 92.1 cm³/mol. The van der Waals surface area contributed by atoms with Crippen LogP contribution in [0.15, 0.2) is 40.9 Å². The highest BCUT2D eigenvalue weighted by Gasteiger charge is 2.19. The summed E-state index contributed by atoms with van der Waals surface area (Å²) in [4.78, 5) is 27.3. The van der Waals surface area contributed by atoms with E-state index in [0.29, 0.717) is 18.4 Å². The van der Waals surface area contributed by atoms with E-state index >= 15 is 0 Å². The summed E-state index contributed by atoms with van der Waals surface area (Å²) < 4.78 is 4.93. The van der Waals surface area contributed by atoms with Crippen molar-refractivity contribution in [2.45, 2.75) is 39.2 Å². The third-order valence-electron chi connectivity index (χ3n) is 3.30. The molecular formula is C18H23NO5. The number of hydrogen-bond acceptors (Lipinski definition) is 5. The van der Waals surface area contributed by atoms with Crippen LogP contribution in [-0.2, 0) is 14.3 Å². The van der Waals surface area contributed by atoms with E-state index in [1.165, 1.54) is 0 Å². The Labute approximate surface area is 141 Å². The van der Waals surface area contributed by atoms with Gasteiger partial charge in [-0.3, -0.25) is 4.99 Å². The molecule has 1 rings (SSSR count). The number of aliphatic imine (C=N–C) groups is 1. The monoisotopic (exact) mass is 333 g/mol. The molecule has 1 aromatic carbocycles. The number of rotatable bonds is 9. The maximum Gasteiger partial charge on any atom is 0.343 e. The number of unbranched alkanes of at least 4 members (excludes halogenated alkanes) is 1. The molecule has 0 spiro atoms. The molecule has 130 valence electrons. The van der Waals surface area contributed by atoms with Crippen molar-refractivity contribution in [2.75, 3.05) is 6.61 Å². The fraction of sp³-hybridized carbons (Fsp3) is 0.389. The second kappa shape index (κ2) is 10.2. The number of ether oxygens (including phenoxy) is 1. The predicted octanol–water partition coefficient (Wildman–Crippen LogP) is 3.23. The average molecular weight is 333 g/mol. The zero-order valence-corrected chi connectivity index (χ0v) is 13.9. The SMILES string of the molecule is CCCCC(N=C/C(C(=O)OCC)=C(/O)c1ccccc1)C(=O)O. The number of carboxylic acids is 1. The number of aliphatic hydroxyl groups excluding tert-OH is 1. The fourth-order valence-corrected chi connectivity index (χ4v) is 1.99. The molecule has 0 aliphatic rings. The van der Waals surface area contributed by atoms with Gasteiger partial charge < -0.3 is 14.9 Å². The van der Waals surface area contributed by atoms with Crippen LogP contribution < -0.4 is 0 Å². The van der Waals surface area contributed by atoms with Crippen LogP contribution >= 0.6 is 0 Å². The Balaban J connectivity index is 3.16. The minimum atomic E-state index is -1.07. The lowest BCUT2D eigenvalue weighted by Crippen LogP contribution is -2.19. The third-order valence-corrected chi connectivity index (χ3v) is 3.30. The van der Waals surface area contributed by atoms with Crippen molar-refractivity contribution in [3.05, 3.63) is 41.5 Å². The highest BCUT2D eigenvalue weighted by Crippen LogP contribution is 2.16. The average Bonchev–Trinajstić information content (AvgIpc) is 2.58. The number of carboxylic acid groups (broad SMARTS) is 1. The van der Waals surface area contributed by atoms with Gasteiger partial charge in [0.05, 0.1) is 6.61 Å². The van der Waals surface area contributed by atoms with Gasteiger partial charge in [-0.15, -0.1) is 0 Å². The van der Waals surface area contributed by atoms with Crippen molar-refractivity contribution in [2.24, 2.45) is 4.99 Å². The molecule has 0 heterocycles. The Morgan fingerprint density at radius 2 is 1.88 bits per heavy atom. The van der Waals surface area contributed by atoms with E-state index in [2.05, 4.69) is 4.99 Å². The Morgan fingerprint density at radius 1 is 1.21 bits per heavy atom. The molecule has 0 aliphatic carbocycles. The minimum absolute atomic E-state index is 0.135. The van der Waals surface area contributed by atoms with Crippen LogP contribution in [0.4, 0.5) is 0 Å². The van der Waals surface area contributed by atoms with Crippen molar-refractivity contribution in [1.29, 1.82) is 0 Å². The van der Waals surface area contributed by atoms with Crippen molar-refractivity contribution in [1.82, 2.24) is 0 Å². The molecule has 0 aliphatic heterocycles. The number of carbonyl (C=O) groups is 2. The first kappa shape index (κ1) is 19.4. The van der Waals surface area contributed by atoms with E-state index in [1.807, 2.05) is 6.92 Å². The highest BCUT2D eigenvalue weighted by molar-refractivity contribution is 6.15. The molecule has 0 fully saturated rings. The number of benzene rings is 1. The topological polar surface area (TPSA) is 96.2 Å². The molecule has 6 heteroatoms. The number of esters is 1. The molecule has 2 N–H and O–H groups in total. The number of carbonyl (C=O) groups excluding carboxylic acids is 1. The zero-order chi connectivity index (χ0) is 17.9. The first-order valence-electron chi connectivity index (χ1n) is 7.93. The highest BCUT2D eigenvalue weighted by atomic mass is 16.5. The van der Waals surface area contributed by atoms with Gasteiger partial charge in [0.1, 0.15) is 17.4 Å². The second-order valence-corrected chi connectivity index (χ2v) is 5.12. The zero-order valence-electron chi connectivity index (χ0n) is 13.9. The Bertz CT molecular complexity index is 607. The molecule has 1 aromatic rings. The van der Waals surface area contributed by atoms with Crippen LogP contribution in [0.1, 0.15) is 38.7 Å². The largest absolute Gasteiger partial charge is 0.506 e. The Morgan fingerprint density at radius 3 is 2.42 bits per heavy atom. The molecule has 1 unspecified atom stereocenters. The van der Waals surface area contributed by atoms with Gasteiger partial charge in [-0.05, 0) is 13.3 Å². The van der Waals surface area contributed by atoms with Crippen molar-refractivity contribution in [3.8, 4) is 0 Å². The molecule has 0 amide bonds. The van der Waals surface area contributed by atoms with Crippen LogP contribution in [0.5, 0.6) is 0 Å². The van der Waals surface area contributed by atoms with Gasteiger partial charge in [0.25, 0.3) is 0 Å². The standard InChI is InChI=1S/C18H23NO5/c1-3-5-11-15(17(21)22)19-12-14(18(23)24-4-2)16(20)13-9-7-6-8-10-13/h6-10,12,15,20H,3-5,11H2,1-2H3,(H,21,22)/b16-14-,19-12?. The summed E-state index contributed by atoms with van der Waals surface area (Å²) in [5.74, 6) is -2.11. The van der Waals surface area contributed by atoms with Crippen LogP contribution in [0.3, 0.4) is 0 Å². The molecule has 1 atom stereocenters. The number of aliphatic hydroxyl groups is 1. The molecular weight excluding hydrogens is 310 g/mol. The van der Waals surface area contributed by atoms with Crippen LogP contribution in [-0.4, -0.2) is 41.0 Å². The van der Waals surface area contributed by atoms with Crippen LogP contribution in [0, 0.1) is 0 Å². The van der Waals surface area contributed by atoms with Crippen molar-refractivity contribution < 1.29 is 24.5 Å². The summed E-state index contributed by atoms with van der Waals surface area (Å²) in [5.41, 5.74) is 0.262. The van der Waals surface area contributed by atoms with E-state index in [-0.39, 0.29) is 17.9 Å². The van der Waals surface area contributed by atoms with Gasteiger partial charge in [-0.2, -0.15) is 0 Å². The fourth-order valence-electron chi connectivity index (χ4n) is 1.99. The molecule has 0 saturated heterocycles. The maximum absolute atomic E-state index is 12.1. The van der Waals surface area contributed by atoms with Crippen molar-refractivity contribution >= 4 is 23.9 Å². The van der Waals surface area contributed by atoms with Crippen LogP contribution in [0.2, 0.25) is 0 Å². The second-order valence-electron chi connectivity index (χ2n) is 5.12. The van der Waals surface area contributed by atoms with Gasteiger partial charge >= 0.3 is 11.9 Å². The van der Waals surface area contributed by atoms with Gasteiger partial charge in [0, 0.05) is 11.8 Å². The number of hydrogen-bond donors (Lipinski definition) is 2. The number of aliphatic carboxylic acids is 1. The molecule has 24 heavy (non-hydrogen) atoms. The van der Waals surface area contributed by atoms with Gasteiger partial charge in [0.2, 0.25) is 0 Å². The van der Waals surface area contributed by atoms with E-state index < -0.39 is 18.0 Å². The normalized spacial score (nSPS) is 13.4. The lowest BCUT2D eigenvalue weighted by Gasteiger charge is -2.09. The lowest BCUT2D eigenvalue weighted by molar-refractivity contribution is -0.139. The minimum Gasteiger partial charge on any atom is -0.506 e. The van der Waals surface area contributed by atoms with Crippen molar-refractivity contribution in [3.63, 3.8) is 0 Å². The maximum atomic E-state index is 12.1. The molecule has 0 aromatic heterocycles. The number of nitrogens with zero attached hydrogens (tertiary/aromatic N) is 1. The first-order chi connectivity index (χ1) is 11.5.